The minimum atomic E-state index is -0.0127. The van der Waals surface area contributed by atoms with Crippen LogP contribution in [0.5, 0.6) is 0 Å². The molecule has 3 nitrogen and oxygen atoms in total. The van der Waals surface area contributed by atoms with E-state index in [9.17, 15) is 4.79 Å². The molecule has 1 N–H and O–H groups in total. The van der Waals surface area contributed by atoms with Crippen molar-refractivity contribution < 1.29 is 4.79 Å². The highest BCUT2D eigenvalue weighted by atomic mass is 16.1. The zero-order valence-electron chi connectivity index (χ0n) is 18.0. The van der Waals surface area contributed by atoms with Gasteiger partial charge in [-0.05, 0) is 92.9 Å². The smallest absolute Gasteiger partial charge is 0.251 e. The van der Waals surface area contributed by atoms with Gasteiger partial charge in [-0.1, -0.05) is 31.2 Å². The van der Waals surface area contributed by atoms with Gasteiger partial charge in [0.1, 0.15) is 0 Å². The minimum absolute atomic E-state index is 0.0109. The van der Waals surface area contributed by atoms with E-state index in [-0.39, 0.29) is 11.9 Å². The van der Waals surface area contributed by atoms with Gasteiger partial charge in [-0.25, -0.2) is 0 Å². The maximum Gasteiger partial charge on any atom is 0.251 e. The van der Waals surface area contributed by atoms with Crippen LogP contribution in [0.4, 0.5) is 0 Å². The summed E-state index contributed by atoms with van der Waals surface area (Å²) in [5.74, 6) is 0.775. The average Bonchev–Trinajstić information content (AvgIpc) is 2.65. The van der Waals surface area contributed by atoms with Gasteiger partial charge in [0.15, 0.2) is 0 Å². The number of aryl methyl sites for hydroxylation is 3. The normalized spacial score (nSPS) is 18.7. The average molecular weight is 379 g/mol. The Morgan fingerprint density at radius 3 is 2.46 bits per heavy atom. The van der Waals surface area contributed by atoms with Gasteiger partial charge in [-0.15, -0.1) is 0 Å². The van der Waals surface area contributed by atoms with Crippen molar-refractivity contribution in [1.82, 2.24) is 10.2 Å². The Hall–Kier alpha value is -2.13. The molecule has 2 atom stereocenters. The van der Waals surface area contributed by atoms with Crippen molar-refractivity contribution in [3.63, 3.8) is 0 Å². The third kappa shape index (κ3) is 5.02. The molecule has 1 heterocycles. The first-order chi connectivity index (χ1) is 13.3. The van der Waals surface area contributed by atoms with Crippen LogP contribution in [0.25, 0.3) is 0 Å². The highest BCUT2D eigenvalue weighted by molar-refractivity contribution is 5.94. The topological polar surface area (TPSA) is 32.3 Å². The number of carbonyl (C=O) groups excluding carboxylic acids is 1. The maximum absolute atomic E-state index is 12.7. The van der Waals surface area contributed by atoms with Gasteiger partial charge in [0.25, 0.3) is 5.91 Å². The molecule has 1 aliphatic rings. The molecule has 0 aliphatic carbocycles. The summed E-state index contributed by atoms with van der Waals surface area (Å²) in [6.45, 7) is 14.1. The summed E-state index contributed by atoms with van der Waals surface area (Å²) in [5.41, 5.74) is 6.97. The summed E-state index contributed by atoms with van der Waals surface area (Å²) in [6, 6.07) is 12.5. The Kier molecular flexibility index (Phi) is 6.56. The Morgan fingerprint density at radius 1 is 1.11 bits per heavy atom. The molecule has 2 aromatic carbocycles. The third-order valence-electron chi connectivity index (χ3n) is 6.06. The summed E-state index contributed by atoms with van der Waals surface area (Å²) in [4.78, 5) is 15.2. The number of amides is 1. The van der Waals surface area contributed by atoms with E-state index in [0.29, 0.717) is 0 Å². The quantitative estimate of drug-likeness (QED) is 0.762. The molecule has 3 heteroatoms. The number of hydrogen-bond acceptors (Lipinski definition) is 2. The van der Waals surface area contributed by atoms with Crippen LogP contribution in [0.2, 0.25) is 0 Å². The Labute approximate surface area is 170 Å². The van der Waals surface area contributed by atoms with E-state index < -0.39 is 0 Å². The molecule has 28 heavy (non-hydrogen) atoms. The SMILES string of the molecule is Cc1cc(C)c([C@@H](C)NC(=O)c2ccc(CN3CCC[C@@H](C)C3)cc2)cc1C. The highest BCUT2D eigenvalue weighted by Gasteiger charge is 2.17. The largest absolute Gasteiger partial charge is 0.346 e. The van der Waals surface area contributed by atoms with E-state index in [2.05, 4.69) is 69.1 Å². The van der Waals surface area contributed by atoms with Crippen LogP contribution in [0.1, 0.15) is 70.9 Å². The molecule has 0 radical (unpaired) electrons. The second-order valence-electron chi connectivity index (χ2n) is 8.67. The van der Waals surface area contributed by atoms with E-state index in [4.69, 9.17) is 0 Å². The number of nitrogens with zero attached hydrogens (tertiary/aromatic N) is 1. The molecule has 0 unspecified atom stereocenters. The number of carbonyl (C=O) groups is 1. The van der Waals surface area contributed by atoms with Crippen LogP contribution >= 0.6 is 0 Å². The fourth-order valence-corrected chi connectivity index (χ4v) is 4.26. The van der Waals surface area contributed by atoms with Gasteiger partial charge in [0.05, 0.1) is 6.04 Å². The molecule has 2 aromatic rings. The van der Waals surface area contributed by atoms with E-state index in [1.54, 1.807) is 0 Å². The Balaban J connectivity index is 1.62. The lowest BCUT2D eigenvalue weighted by atomic mass is 9.96. The van der Waals surface area contributed by atoms with Crippen LogP contribution < -0.4 is 5.32 Å². The maximum atomic E-state index is 12.7. The molecule has 1 fully saturated rings. The summed E-state index contributed by atoms with van der Waals surface area (Å²) in [5, 5.41) is 3.16. The Morgan fingerprint density at radius 2 is 1.79 bits per heavy atom. The first-order valence-electron chi connectivity index (χ1n) is 10.5. The highest BCUT2D eigenvalue weighted by Crippen LogP contribution is 2.22. The monoisotopic (exact) mass is 378 g/mol. The first-order valence-corrected chi connectivity index (χ1v) is 10.5. The number of piperidine rings is 1. The molecule has 0 aromatic heterocycles. The van der Waals surface area contributed by atoms with Crippen molar-refractivity contribution in [2.45, 2.75) is 60.0 Å². The van der Waals surface area contributed by atoms with E-state index in [1.165, 1.54) is 53.7 Å². The fraction of sp³-hybridized carbons (Fsp3) is 0.480. The number of nitrogens with one attached hydrogen (secondary N) is 1. The van der Waals surface area contributed by atoms with E-state index >= 15 is 0 Å². The van der Waals surface area contributed by atoms with Crippen molar-refractivity contribution in [3.05, 3.63) is 69.8 Å². The number of likely N-dealkylation sites (tertiary alicyclic amines) is 1. The molecule has 0 saturated carbocycles. The number of hydrogen-bond donors (Lipinski definition) is 1. The van der Waals surface area contributed by atoms with Gasteiger partial charge < -0.3 is 5.32 Å². The van der Waals surface area contributed by atoms with E-state index in [1.807, 2.05) is 12.1 Å². The summed E-state index contributed by atoms with van der Waals surface area (Å²) in [6.07, 6.45) is 2.63. The lowest BCUT2D eigenvalue weighted by Gasteiger charge is -2.30. The van der Waals surface area contributed by atoms with Gasteiger partial charge in [-0.2, -0.15) is 0 Å². The predicted molar refractivity (Wildman–Crippen MR) is 117 cm³/mol. The summed E-state index contributed by atoms with van der Waals surface area (Å²) < 4.78 is 0. The molecular weight excluding hydrogens is 344 g/mol. The summed E-state index contributed by atoms with van der Waals surface area (Å²) in [7, 11) is 0. The van der Waals surface area contributed by atoms with Gasteiger partial charge in [-0.3, -0.25) is 9.69 Å². The van der Waals surface area contributed by atoms with Crippen LogP contribution in [0.15, 0.2) is 36.4 Å². The van der Waals surface area contributed by atoms with E-state index in [0.717, 1.165) is 18.0 Å². The number of benzene rings is 2. The molecule has 0 spiro atoms. The van der Waals surface area contributed by atoms with Crippen LogP contribution in [0.3, 0.4) is 0 Å². The van der Waals surface area contributed by atoms with Crippen molar-refractivity contribution in [2.24, 2.45) is 5.92 Å². The second kappa shape index (κ2) is 8.91. The second-order valence-corrected chi connectivity index (χ2v) is 8.67. The summed E-state index contributed by atoms with van der Waals surface area (Å²) >= 11 is 0. The van der Waals surface area contributed by atoms with Crippen LogP contribution in [-0.4, -0.2) is 23.9 Å². The van der Waals surface area contributed by atoms with Crippen molar-refractivity contribution in [1.29, 1.82) is 0 Å². The zero-order valence-corrected chi connectivity index (χ0v) is 18.0. The van der Waals surface area contributed by atoms with Crippen molar-refractivity contribution >= 4 is 5.91 Å². The standard InChI is InChI=1S/C25H34N2O/c1-17-7-6-12-27(15-17)16-22-8-10-23(11-9-22)25(28)26-21(5)24-14-19(3)18(2)13-20(24)4/h8-11,13-14,17,21H,6-7,12,15-16H2,1-5H3,(H,26,28)/t17-,21-/m1/s1. The molecular formula is C25H34N2O. The van der Waals surface area contributed by atoms with Gasteiger partial charge in [0, 0.05) is 18.7 Å². The molecule has 1 amide bonds. The predicted octanol–water partition coefficient (Wildman–Crippen LogP) is 5.33. The molecule has 1 aliphatic heterocycles. The number of rotatable bonds is 5. The van der Waals surface area contributed by atoms with Crippen LogP contribution in [0, 0.1) is 26.7 Å². The molecule has 3 rings (SSSR count). The lowest BCUT2D eigenvalue weighted by Crippen LogP contribution is -2.33. The fourth-order valence-electron chi connectivity index (χ4n) is 4.26. The van der Waals surface area contributed by atoms with Gasteiger partial charge in [0.2, 0.25) is 0 Å². The Bertz CT molecular complexity index is 825. The minimum Gasteiger partial charge on any atom is -0.346 e. The van der Waals surface area contributed by atoms with Crippen LogP contribution in [-0.2, 0) is 6.54 Å². The molecule has 1 saturated heterocycles. The van der Waals surface area contributed by atoms with Gasteiger partial charge >= 0.3 is 0 Å². The third-order valence-corrected chi connectivity index (χ3v) is 6.06. The molecule has 0 bridgehead atoms. The van der Waals surface area contributed by atoms with Crippen molar-refractivity contribution in [3.8, 4) is 0 Å². The first kappa shape index (κ1) is 20.6. The van der Waals surface area contributed by atoms with Crippen molar-refractivity contribution in [2.75, 3.05) is 13.1 Å². The molecule has 150 valence electrons. The zero-order chi connectivity index (χ0) is 20.3. The lowest BCUT2D eigenvalue weighted by molar-refractivity contribution is 0.0940.